The van der Waals surface area contributed by atoms with Crippen LogP contribution in [0.25, 0.3) is 0 Å². The number of hydrogen-bond acceptors (Lipinski definition) is 25. The van der Waals surface area contributed by atoms with Crippen molar-refractivity contribution >= 4 is 90.4 Å². The number of aromatic hydroxyl groups is 3. The van der Waals surface area contributed by atoms with E-state index in [0.717, 1.165) is 21.9 Å². The summed E-state index contributed by atoms with van der Waals surface area (Å²) >= 11 is 3.66. The Kier molecular flexibility index (Phi) is 20.0. The monoisotopic (exact) mass is 1340 g/mol. The molecule has 3 unspecified atom stereocenters. The lowest BCUT2D eigenvalue weighted by molar-refractivity contribution is -0.134. The average molecular weight is 1340 g/mol. The second-order valence-corrected chi connectivity index (χ2v) is 25.2. The molecule has 94 heavy (non-hydrogen) atoms. The van der Waals surface area contributed by atoms with E-state index < -0.39 is 76.4 Å². The zero-order chi connectivity index (χ0) is 68.3. The van der Waals surface area contributed by atoms with Crippen LogP contribution in [0.5, 0.6) is 17.2 Å². The molecule has 486 valence electrons. The number of phenols is 3. The molecule has 0 fully saturated rings. The molecule has 0 aliphatic carbocycles. The summed E-state index contributed by atoms with van der Waals surface area (Å²) < 4.78 is 16.3. The minimum Gasteiger partial charge on any atom is -0.508 e. The molecule has 9 heterocycles. The number of aliphatic carboxylic acids is 1. The second kappa shape index (κ2) is 27.9. The van der Waals surface area contributed by atoms with E-state index in [1.54, 1.807) is 75.4 Å². The number of furan rings is 3. The molecule has 3 atom stereocenters. The van der Waals surface area contributed by atoms with Crippen LogP contribution in [-0.4, -0.2) is 107 Å². The van der Waals surface area contributed by atoms with Gasteiger partial charge in [0.25, 0.3) is 23.7 Å². The van der Waals surface area contributed by atoms with Gasteiger partial charge in [-0.25, -0.2) is 0 Å². The van der Waals surface area contributed by atoms with Gasteiger partial charge in [0, 0.05) is 24.7 Å². The fourth-order valence-corrected chi connectivity index (χ4v) is 12.4. The molecule has 3 aliphatic heterocycles. The molecule has 3 aromatic carbocycles. The summed E-state index contributed by atoms with van der Waals surface area (Å²) in [4.78, 5) is 91.4. The Labute approximate surface area is 547 Å². The number of phenolic OH excluding ortho intramolecular Hbond substituents is 3. The summed E-state index contributed by atoms with van der Waals surface area (Å²) in [5, 5.41) is 96.1. The molecule has 3 amide bonds. The highest BCUT2D eigenvalue weighted by atomic mass is 32.1. The quantitative estimate of drug-likeness (QED) is 0.0469. The third kappa shape index (κ3) is 14.0. The van der Waals surface area contributed by atoms with Crippen LogP contribution in [0.1, 0.15) is 165 Å². The third-order valence-electron chi connectivity index (χ3n) is 14.3. The molecule has 0 spiro atoms. The fourth-order valence-electron chi connectivity index (χ4n) is 9.76. The number of carboxylic acids is 1. The number of nitrogens with zero attached hydrogens (tertiary/aromatic N) is 9. The van der Waals surface area contributed by atoms with Gasteiger partial charge in [-0.1, -0.05) is 112 Å². The predicted molar refractivity (Wildman–Crippen MR) is 343 cm³/mol. The van der Waals surface area contributed by atoms with Gasteiger partial charge in [-0.15, -0.1) is 30.6 Å². The number of aryl methyl sites for hydroxylation is 3. The van der Waals surface area contributed by atoms with Crippen molar-refractivity contribution in [2.45, 2.75) is 105 Å². The van der Waals surface area contributed by atoms with E-state index in [4.69, 9.17) is 23.2 Å². The van der Waals surface area contributed by atoms with E-state index in [2.05, 4.69) is 30.6 Å². The predicted octanol–water partition coefficient (Wildman–Crippen LogP) is 12.2. The molecule has 29 heteroatoms. The van der Waals surface area contributed by atoms with Crippen LogP contribution in [0.4, 0.5) is 15.4 Å². The highest BCUT2D eigenvalue weighted by molar-refractivity contribution is 7.16. The highest BCUT2D eigenvalue weighted by Crippen LogP contribution is 2.47. The molecule has 0 bridgehead atoms. The Balaban J connectivity index is 0.000000161. The van der Waals surface area contributed by atoms with Crippen LogP contribution in [0.15, 0.2) is 156 Å². The lowest BCUT2D eigenvalue weighted by Crippen LogP contribution is -2.31. The number of aliphatic hydroxyl groups excluding tert-OH is 3. The number of aromatic nitrogens is 6. The number of benzene rings is 3. The Morgan fingerprint density at radius 1 is 0.394 bits per heavy atom. The molecule has 0 radical (unpaired) electrons. The van der Waals surface area contributed by atoms with Crippen molar-refractivity contribution in [1.29, 1.82) is 0 Å². The molecule has 0 saturated carbocycles. The maximum atomic E-state index is 13.2. The molecule has 26 nitrogen and oxygen atoms in total. The van der Waals surface area contributed by atoms with Gasteiger partial charge in [-0.05, 0) is 110 Å². The number of Topliss-reactive ketones (excluding diaryl/α,β-unsaturated/α-hetero) is 3. The van der Waals surface area contributed by atoms with Crippen molar-refractivity contribution in [3.63, 3.8) is 0 Å². The molecule has 12 rings (SSSR count). The maximum Gasteiger partial charge on any atom is 0.300 e. The number of ketones is 3. The molecule has 3 aliphatic rings. The SMILES string of the molecule is CC(=O)O.Cc1ccc(C(=O)C2=C(O)C(=O)N(c3nnc(C(C)C)s3)C2c2ccc(O)cc2)o1.Cc1ccc(C(=O)C2=C(O)C(=O)N(c3nnc(C(C)C)s3)C2c2ccc(O)cc2)o1.Cc1ccc(C(=O)C2=C(O)C(=O)N(c3nnc(C(C)C)s3)C2c2ccc(O)cc2)o1. The largest absolute Gasteiger partial charge is 0.508 e. The van der Waals surface area contributed by atoms with Crippen LogP contribution in [-0.2, 0) is 19.2 Å². The highest BCUT2D eigenvalue weighted by Gasteiger charge is 2.50. The molecule has 0 saturated heterocycles. The van der Waals surface area contributed by atoms with E-state index in [1.165, 1.54) is 103 Å². The summed E-state index contributed by atoms with van der Waals surface area (Å²) in [7, 11) is 0. The Morgan fingerprint density at radius 3 is 0.798 bits per heavy atom. The molecular weight excluding hydrogens is 1270 g/mol. The summed E-state index contributed by atoms with van der Waals surface area (Å²) in [6, 6.07) is 24.8. The molecular formula is C65H61N9O17S3. The van der Waals surface area contributed by atoms with E-state index >= 15 is 0 Å². The lowest BCUT2D eigenvalue weighted by Gasteiger charge is -2.23. The van der Waals surface area contributed by atoms with Crippen molar-refractivity contribution in [2.24, 2.45) is 0 Å². The van der Waals surface area contributed by atoms with Crippen molar-refractivity contribution < 1.29 is 82.6 Å². The van der Waals surface area contributed by atoms with E-state index in [0.29, 0.717) is 34.0 Å². The first kappa shape index (κ1) is 67.5. The topological polar surface area (TPSA) is 388 Å². The van der Waals surface area contributed by atoms with E-state index in [9.17, 15) is 59.4 Å². The number of carboxylic acid groups (broad SMARTS) is 1. The first-order valence-corrected chi connectivity index (χ1v) is 31.2. The van der Waals surface area contributed by atoms with Gasteiger partial charge in [-0.2, -0.15) is 0 Å². The molecule has 7 N–H and O–H groups in total. The fraction of sp³-hybridized carbons (Fsp3) is 0.246. The zero-order valence-corrected chi connectivity index (χ0v) is 54.3. The number of amides is 3. The first-order chi connectivity index (χ1) is 44.6. The number of carbonyl (C=O) groups is 7. The van der Waals surface area contributed by atoms with Crippen LogP contribution >= 0.6 is 34.0 Å². The van der Waals surface area contributed by atoms with E-state index in [1.807, 2.05) is 41.5 Å². The Bertz CT molecular complexity index is 4030. The van der Waals surface area contributed by atoms with Crippen molar-refractivity contribution in [3.8, 4) is 17.2 Å². The van der Waals surface area contributed by atoms with Crippen molar-refractivity contribution in [3.05, 3.63) is 209 Å². The van der Waals surface area contributed by atoms with Gasteiger partial charge in [0.2, 0.25) is 32.7 Å². The summed E-state index contributed by atoms with van der Waals surface area (Å²) in [6.45, 7) is 17.9. The number of hydrogen-bond donors (Lipinski definition) is 7. The van der Waals surface area contributed by atoms with Gasteiger partial charge in [0.1, 0.15) is 49.6 Å². The van der Waals surface area contributed by atoms with Crippen LogP contribution in [0.3, 0.4) is 0 Å². The van der Waals surface area contributed by atoms with Crippen LogP contribution in [0.2, 0.25) is 0 Å². The standard InChI is InChI=1S/3C21H19N3O5S.C2H4O2/c3*1-10(2)19-22-23-21(30-19)24-16(12-5-7-13(25)8-6-12)15(18(27)20(24)28)17(26)14-9-4-11(3)29-14;1-2(3)4/h3*4-10,16,25,27H,1-3H3;1H3,(H,3,4). The number of aliphatic hydroxyl groups is 3. The lowest BCUT2D eigenvalue weighted by atomic mass is 9.95. The Morgan fingerprint density at radius 2 is 0.617 bits per heavy atom. The van der Waals surface area contributed by atoms with E-state index in [-0.39, 0.29) is 84.4 Å². The number of carbonyl (C=O) groups excluding carboxylic acids is 6. The first-order valence-electron chi connectivity index (χ1n) is 28.8. The van der Waals surface area contributed by atoms with Gasteiger partial charge in [0.05, 0.1) is 34.8 Å². The molecule has 6 aromatic heterocycles. The van der Waals surface area contributed by atoms with Gasteiger partial charge in [-0.3, -0.25) is 48.3 Å². The van der Waals surface area contributed by atoms with Gasteiger partial charge < -0.3 is 49.0 Å². The summed E-state index contributed by atoms with van der Waals surface area (Å²) in [5.41, 5.74) is 1.25. The second-order valence-electron chi connectivity index (χ2n) is 22.3. The Hall–Kier alpha value is -10.9. The van der Waals surface area contributed by atoms with Gasteiger partial charge in [0.15, 0.2) is 34.6 Å². The molecule has 9 aromatic rings. The normalized spacial score (nSPS) is 16.3. The smallest absolute Gasteiger partial charge is 0.300 e. The van der Waals surface area contributed by atoms with Crippen LogP contribution in [0, 0.1) is 20.8 Å². The minimum absolute atomic E-state index is 0.0209. The van der Waals surface area contributed by atoms with Crippen molar-refractivity contribution in [1.82, 2.24) is 30.6 Å². The minimum atomic E-state index is -0.941. The third-order valence-corrected chi connectivity index (χ3v) is 17.9. The average Bonchev–Trinajstić information content (AvgIpc) is 1.61. The summed E-state index contributed by atoms with van der Waals surface area (Å²) in [6.07, 6.45) is 0. The van der Waals surface area contributed by atoms with Crippen LogP contribution < -0.4 is 14.7 Å². The van der Waals surface area contributed by atoms with Crippen molar-refractivity contribution in [2.75, 3.05) is 14.7 Å². The zero-order valence-electron chi connectivity index (χ0n) is 51.8. The maximum absolute atomic E-state index is 13.2. The number of anilines is 3. The number of rotatable bonds is 15. The van der Waals surface area contributed by atoms with Gasteiger partial charge >= 0.3 is 0 Å². The summed E-state index contributed by atoms with van der Waals surface area (Å²) in [5.74, 6) is -4.73.